The quantitative estimate of drug-likeness (QED) is 0.105. The monoisotopic (exact) mass is 488 g/mol. The van der Waals surface area contributed by atoms with Gasteiger partial charge in [0.05, 0.1) is 5.92 Å². The van der Waals surface area contributed by atoms with Crippen molar-refractivity contribution in [1.82, 2.24) is 0 Å². The van der Waals surface area contributed by atoms with E-state index in [0.29, 0.717) is 12.8 Å². The van der Waals surface area contributed by atoms with E-state index in [9.17, 15) is 9.59 Å². The lowest BCUT2D eigenvalue weighted by Crippen LogP contribution is -2.63. The van der Waals surface area contributed by atoms with Crippen molar-refractivity contribution >= 4 is 34.3 Å². The highest BCUT2D eigenvalue weighted by molar-refractivity contribution is 6.12. The van der Waals surface area contributed by atoms with Gasteiger partial charge in [0.15, 0.2) is 11.6 Å². The van der Waals surface area contributed by atoms with Crippen molar-refractivity contribution < 1.29 is 9.59 Å². The van der Waals surface area contributed by atoms with Crippen molar-refractivity contribution in [3.63, 3.8) is 0 Å². The zero-order valence-corrected chi connectivity index (χ0v) is 19.0. The Morgan fingerprint density at radius 3 is 1.78 bits per heavy atom. The van der Waals surface area contributed by atoms with Crippen molar-refractivity contribution in [2.45, 2.75) is 31.8 Å². The van der Waals surface area contributed by atoms with E-state index in [1.165, 1.54) is 36.4 Å². The van der Waals surface area contributed by atoms with Crippen LogP contribution < -0.4 is 11.5 Å². The van der Waals surface area contributed by atoms with Crippen LogP contribution in [-0.2, 0) is 0 Å². The van der Waals surface area contributed by atoms with Gasteiger partial charge in [0.2, 0.25) is 0 Å². The molecule has 2 aromatic rings. The van der Waals surface area contributed by atoms with Crippen LogP contribution in [0, 0.1) is 5.92 Å². The van der Waals surface area contributed by atoms with Crippen LogP contribution in [0.2, 0.25) is 0 Å². The Bertz CT molecular complexity index is 1370. The van der Waals surface area contributed by atoms with Gasteiger partial charge in [-0.2, -0.15) is 0 Å². The Kier molecular flexibility index (Phi) is 9.38. The van der Waals surface area contributed by atoms with Crippen LogP contribution in [0.3, 0.4) is 0 Å². The van der Waals surface area contributed by atoms with Crippen LogP contribution >= 0.6 is 0 Å². The summed E-state index contributed by atoms with van der Waals surface area (Å²) < 4.78 is 0. The van der Waals surface area contributed by atoms with E-state index in [1.807, 2.05) is 6.92 Å². The minimum atomic E-state index is -2.27. The average Bonchev–Trinajstić information content (AvgIpc) is 2.85. The first-order chi connectivity index (χ1) is 17.2. The Labute approximate surface area is 203 Å². The molecule has 16 nitrogen and oxygen atoms in total. The van der Waals surface area contributed by atoms with Crippen molar-refractivity contribution in [2.75, 3.05) is 0 Å². The van der Waals surface area contributed by atoms with Crippen LogP contribution in [0.15, 0.2) is 56.9 Å². The van der Waals surface area contributed by atoms with Gasteiger partial charge in [-0.15, -0.1) is 0 Å². The molecule has 0 fully saturated rings. The SMILES string of the molecule is CCCCC(C(=O)c1ccc(N=[N+]=[N-])cc1N=[N+]=[N-])C(N)(N)C(=O)c1ccc(N=[N+]=[N-])cc1N=[N+]=[N-]. The summed E-state index contributed by atoms with van der Waals surface area (Å²) in [6, 6.07) is 7.55. The molecule has 0 aromatic heterocycles. The molecule has 0 radical (unpaired) electrons. The summed E-state index contributed by atoms with van der Waals surface area (Å²) in [5, 5.41) is 13.8. The topological polar surface area (TPSA) is 281 Å². The summed E-state index contributed by atoms with van der Waals surface area (Å²) in [7, 11) is 0. The number of nitrogens with two attached hydrogens (primary N) is 2. The number of azide groups is 4. The lowest BCUT2D eigenvalue weighted by Gasteiger charge is -2.32. The third-order valence-corrected chi connectivity index (χ3v) is 5.23. The van der Waals surface area contributed by atoms with Gasteiger partial charge in [-0.05, 0) is 40.7 Å². The molecule has 0 spiro atoms. The molecule has 0 aliphatic heterocycles. The number of Topliss-reactive ketones (excluding diaryl/α,β-unsaturated/α-hetero) is 2. The number of hydrogen-bond acceptors (Lipinski definition) is 8. The van der Waals surface area contributed by atoms with Gasteiger partial charge < -0.3 is 11.5 Å². The first-order valence-electron chi connectivity index (χ1n) is 10.4. The number of ketones is 2. The van der Waals surface area contributed by atoms with E-state index in [4.69, 9.17) is 33.6 Å². The largest absolute Gasteiger partial charge is 0.306 e. The van der Waals surface area contributed by atoms with E-state index in [1.54, 1.807) is 0 Å². The number of carbonyl (C=O) groups excluding carboxylic acids is 2. The second-order valence-electron chi connectivity index (χ2n) is 7.48. The molecular formula is C20H20N14O2. The van der Waals surface area contributed by atoms with E-state index in [0.717, 1.165) is 0 Å². The number of carbonyl (C=O) groups is 2. The maximum atomic E-state index is 13.6. The Hall–Kier alpha value is -5.06. The summed E-state index contributed by atoms with van der Waals surface area (Å²) in [6.45, 7) is 1.87. The molecule has 0 amide bonds. The van der Waals surface area contributed by atoms with Crippen LogP contribution in [0.5, 0.6) is 0 Å². The van der Waals surface area contributed by atoms with Crippen LogP contribution in [0.1, 0.15) is 46.9 Å². The number of nitrogens with zero attached hydrogens (tertiary/aromatic N) is 12. The van der Waals surface area contributed by atoms with Gasteiger partial charge in [0.1, 0.15) is 5.66 Å². The molecule has 0 heterocycles. The van der Waals surface area contributed by atoms with Crippen molar-refractivity contribution in [3.05, 3.63) is 89.3 Å². The summed E-state index contributed by atoms with van der Waals surface area (Å²) >= 11 is 0. The van der Waals surface area contributed by atoms with Crippen molar-refractivity contribution in [2.24, 2.45) is 37.8 Å². The fourth-order valence-electron chi connectivity index (χ4n) is 3.50. The van der Waals surface area contributed by atoms with Gasteiger partial charge in [0, 0.05) is 53.5 Å². The highest BCUT2D eigenvalue weighted by atomic mass is 16.1. The molecule has 0 aliphatic rings. The molecule has 182 valence electrons. The third-order valence-electron chi connectivity index (χ3n) is 5.23. The highest BCUT2D eigenvalue weighted by Crippen LogP contribution is 2.34. The van der Waals surface area contributed by atoms with Gasteiger partial charge in [-0.1, -0.05) is 64.5 Å². The number of benzene rings is 2. The third kappa shape index (κ3) is 6.08. The summed E-state index contributed by atoms with van der Waals surface area (Å²) in [6.07, 6.45) is 1.24. The lowest BCUT2D eigenvalue weighted by molar-refractivity contribution is 0.0715. The zero-order valence-electron chi connectivity index (χ0n) is 19.0. The molecule has 2 aromatic carbocycles. The molecule has 1 atom stereocenters. The molecule has 16 heteroatoms. The summed E-state index contributed by atoms with van der Waals surface area (Å²) in [5.74, 6) is -2.85. The summed E-state index contributed by atoms with van der Waals surface area (Å²) in [4.78, 5) is 37.8. The molecule has 2 rings (SSSR count). The second-order valence-corrected chi connectivity index (χ2v) is 7.48. The second kappa shape index (κ2) is 12.4. The minimum Gasteiger partial charge on any atom is -0.306 e. The Morgan fingerprint density at radius 2 is 1.31 bits per heavy atom. The van der Waals surface area contributed by atoms with Crippen LogP contribution in [0.25, 0.3) is 41.8 Å². The van der Waals surface area contributed by atoms with Crippen molar-refractivity contribution in [3.8, 4) is 0 Å². The van der Waals surface area contributed by atoms with Crippen molar-refractivity contribution in [1.29, 1.82) is 0 Å². The molecule has 0 aliphatic carbocycles. The van der Waals surface area contributed by atoms with Gasteiger partial charge in [-0.25, -0.2) is 0 Å². The Morgan fingerprint density at radius 1 is 0.833 bits per heavy atom. The molecule has 1 unspecified atom stereocenters. The Balaban J connectivity index is 2.64. The standard InChI is InChI=1S/C20H20N14O2/c1-2-3-4-15(18(35)13-7-5-11(27-31-23)9-16(13)29-33-25)20(21,22)19(36)14-8-6-12(28-32-24)10-17(14)30-34-26/h5-10,15H,2-4,21-22H2,1H3. The molecule has 0 saturated heterocycles. The van der Waals surface area contributed by atoms with Crippen LogP contribution in [0.4, 0.5) is 22.7 Å². The van der Waals surface area contributed by atoms with E-state index >= 15 is 0 Å². The van der Waals surface area contributed by atoms with E-state index in [2.05, 4.69) is 40.1 Å². The predicted octanol–water partition coefficient (Wildman–Crippen LogP) is 6.94. The maximum Gasteiger partial charge on any atom is 0.198 e. The maximum absolute atomic E-state index is 13.6. The van der Waals surface area contributed by atoms with Gasteiger partial charge in [0.25, 0.3) is 0 Å². The van der Waals surface area contributed by atoms with E-state index in [-0.39, 0.29) is 40.3 Å². The molecule has 0 saturated carbocycles. The number of unbranched alkanes of at least 4 members (excludes halogenated alkanes) is 1. The fraction of sp³-hybridized carbons (Fsp3) is 0.300. The molecule has 4 N–H and O–H groups in total. The predicted molar refractivity (Wildman–Crippen MR) is 131 cm³/mol. The molecule has 36 heavy (non-hydrogen) atoms. The van der Waals surface area contributed by atoms with E-state index < -0.39 is 23.1 Å². The van der Waals surface area contributed by atoms with Gasteiger partial charge >= 0.3 is 0 Å². The first kappa shape index (κ1) is 27.2. The first-order valence-corrected chi connectivity index (χ1v) is 10.4. The molecule has 0 bridgehead atoms. The lowest BCUT2D eigenvalue weighted by atomic mass is 9.78. The number of rotatable bonds is 12. The normalized spacial score (nSPS) is 11.1. The fourth-order valence-corrected chi connectivity index (χ4v) is 3.50. The zero-order chi connectivity index (χ0) is 26.7. The minimum absolute atomic E-state index is 0.0761. The van der Waals surface area contributed by atoms with Crippen LogP contribution in [-0.4, -0.2) is 17.2 Å². The van der Waals surface area contributed by atoms with Gasteiger partial charge in [-0.3, -0.25) is 9.59 Å². The highest BCUT2D eigenvalue weighted by Gasteiger charge is 2.44. The summed E-state index contributed by atoms with van der Waals surface area (Å²) in [5.41, 5.74) is 45.1. The number of hydrogen-bond donors (Lipinski definition) is 2. The smallest absolute Gasteiger partial charge is 0.198 e. The molecular weight excluding hydrogens is 468 g/mol. The average molecular weight is 488 g/mol.